The van der Waals surface area contributed by atoms with E-state index in [0.717, 1.165) is 17.1 Å². The molecular formula is C58H39N. The van der Waals surface area contributed by atoms with Gasteiger partial charge in [-0.15, -0.1) is 0 Å². The Bertz CT molecular complexity index is 3070. The molecule has 10 aromatic carbocycles. The molecule has 0 aromatic heterocycles. The first kappa shape index (κ1) is 34.5. The SMILES string of the molecule is c1ccc(-c2ccc(-c3ccc(N(c4ccc(-c5ccccc5)cc4)c4cc(-c5ccccc5)ccc4-c4ccc5c6c(cccc46)-c4ccccc4-5)cc3)cc2)cc1. The summed E-state index contributed by atoms with van der Waals surface area (Å²) in [7, 11) is 0. The molecule has 10 aromatic rings. The van der Waals surface area contributed by atoms with Gasteiger partial charge in [0.25, 0.3) is 0 Å². The van der Waals surface area contributed by atoms with Crippen molar-refractivity contribution in [1.29, 1.82) is 0 Å². The second-order valence-corrected chi connectivity index (χ2v) is 15.3. The van der Waals surface area contributed by atoms with Gasteiger partial charge in [-0.05, 0) is 113 Å². The first-order valence-electron chi connectivity index (χ1n) is 20.3. The van der Waals surface area contributed by atoms with Crippen molar-refractivity contribution in [1.82, 2.24) is 0 Å². The van der Waals surface area contributed by atoms with Crippen LogP contribution in [0.1, 0.15) is 0 Å². The van der Waals surface area contributed by atoms with Crippen molar-refractivity contribution in [3.63, 3.8) is 0 Å². The summed E-state index contributed by atoms with van der Waals surface area (Å²) in [4.78, 5) is 2.44. The lowest BCUT2D eigenvalue weighted by molar-refractivity contribution is 1.28. The second-order valence-electron chi connectivity index (χ2n) is 15.3. The van der Waals surface area contributed by atoms with Gasteiger partial charge in [-0.2, -0.15) is 0 Å². The molecule has 0 spiro atoms. The summed E-state index contributed by atoms with van der Waals surface area (Å²) in [6, 6.07) is 86.2. The number of benzene rings is 10. The smallest absolute Gasteiger partial charge is 0.0546 e. The molecule has 59 heavy (non-hydrogen) atoms. The monoisotopic (exact) mass is 749 g/mol. The Hall–Kier alpha value is -7.74. The molecule has 0 heterocycles. The molecule has 0 radical (unpaired) electrons. The summed E-state index contributed by atoms with van der Waals surface area (Å²) in [6.45, 7) is 0. The fourth-order valence-electron chi connectivity index (χ4n) is 8.95. The molecule has 1 aliphatic rings. The average Bonchev–Trinajstić information content (AvgIpc) is 3.65. The van der Waals surface area contributed by atoms with Gasteiger partial charge < -0.3 is 4.90 Å². The van der Waals surface area contributed by atoms with Gasteiger partial charge in [0.15, 0.2) is 0 Å². The minimum atomic E-state index is 1.09. The van der Waals surface area contributed by atoms with Gasteiger partial charge in [0, 0.05) is 16.9 Å². The third kappa shape index (κ3) is 6.21. The molecule has 0 aliphatic heterocycles. The molecular weight excluding hydrogens is 711 g/mol. The van der Waals surface area contributed by atoms with Crippen LogP contribution in [-0.4, -0.2) is 0 Å². The van der Waals surface area contributed by atoms with Crippen molar-refractivity contribution in [3.8, 4) is 77.9 Å². The highest BCUT2D eigenvalue weighted by atomic mass is 15.1. The van der Waals surface area contributed by atoms with Crippen LogP contribution < -0.4 is 4.90 Å². The minimum absolute atomic E-state index is 1.09. The Kier molecular flexibility index (Phi) is 8.56. The molecule has 0 fully saturated rings. The zero-order valence-corrected chi connectivity index (χ0v) is 32.5. The zero-order valence-electron chi connectivity index (χ0n) is 32.5. The number of hydrogen-bond donors (Lipinski definition) is 0. The molecule has 1 nitrogen and oxygen atoms in total. The standard InChI is InChI=1S/C58H39N/c1-4-13-40(14-5-1)43-23-25-44(26-24-43)46-29-34-49(35-30-46)59(48-32-27-45(28-33-48)41-15-6-2-7-16-41)57-39-47(42-17-8-3-9-18-42)31-36-53(57)52-37-38-56-51-20-11-10-19-50(51)54-21-12-22-55(52)58(54)56/h1-39H. The fourth-order valence-corrected chi connectivity index (χ4v) is 8.95. The van der Waals surface area contributed by atoms with E-state index in [-0.39, 0.29) is 0 Å². The van der Waals surface area contributed by atoms with Crippen LogP contribution in [0.3, 0.4) is 0 Å². The third-order valence-electron chi connectivity index (χ3n) is 11.9. The summed E-state index contributed by atoms with van der Waals surface area (Å²) in [5, 5.41) is 2.59. The van der Waals surface area contributed by atoms with Gasteiger partial charge in [0.2, 0.25) is 0 Å². The highest BCUT2D eigenvalue weighted by Gasteiger charge is 2.25. The average molecular weight is 750 g/mol. The van der Waals surface area contributed by atoms with Crippen LogP contribution in [-0.2, 0) is 0 Å². The normalized spacial score (nSPS) is 11.4. The predicted octanol–water partition coefficient (Wildman–Crippen LogP) is 16.3. The molecule has 276 valence electrons. The van der Waals surface area contributed by atoms with Gasteiger partial charge in [0.05, 0.1) is 5.69 Å². The molecule has 11 rings (SSSR count). The third-order valence-corrected chi connectivity index (χ3v) is 11.9. The lowest BCUT2D eigenvalue weighted by Gasteiger charge is -2.29. The Morgan fingerprint density at radius 1 is 0.220 bits per heavy atom. The lowest BCUT2D eigenvalue weighted by Crippen LogP contribution is -2.11. The number of rotatable bonds is 8. The molecule has 1 aliphatic carbocycles. The first-order chi connectivity index (χ1) is 29.3. The van der Waals surface area contributed by atoms with Crippen molar-refractivity contribution in [2.24, 2.45) is 0 Å². The summed E-state index contributed by atoms with van der Waals surface area (Å²) in [5.74, 6) is 0. The highest BCUT2D eigenvalue weighted by molar-refractivity contribution is 6.19. The summed E-state index contributed by atoms with van der Waals surface area (Å²) in [5.41, 5.74) is 20.5. The van der Waals surface area contributed by atoms with E-state index in [9.17, 15) is 0 Å². The topological polar surface area (TPSA) is 3.24 Å². The van der Waals surface area contributed by atoms with Crippen LogP contribution in [0.5, 0.6) is 0 Å². The highest BCUT2D eigenvalue weighted by Crippen LogP contribution is 2.51. The first-order valence-corrected chi connectivity index (χ1v) is 20.3. The Balaban J connectivity index is 1.09. The summed E-state index contributed by atoms with van der Waals surface area (Å²) in [6.07, 6.45) is 0. The van der Waals surface area contributed by atoms with Gasteiger partial charge >= 0.3 is 0 Å². The lowest BCUT2D eigenvalue weighted by atomic mass is 9.91. The van der Waals surface area contributed by atoms with E-state index in [0.29, 0.717) is 0 Å². The summed E-state index contributed by atoms with van der Waals surface area (Å²) < 4.78 is 0. The van der Waals surface area contributed by atoms with Crippen LogP contribution in [0.4, 0.5) is 17.1 Å². The van der Waals surface area contributed by atoms with Gasteiger partial charge in [-0.25, -0.2) is 0 Å². The van der Waals surface area contributed by atoms with Crippen LogP contribution >= 0.6 is 0 Å². The van der Waals surface area contributed by atoms with Crippen molar-refractivity contribution in [2.75, 3.05) is 4.90 Å². The molecule has 1 heteroatoms. The van der Waals surface area contributed by atoms with Gasteiger partial charge in [0.1, 0.15) is 0 Å². The molecule has 0 amide bonds. The maximum absolute atomic E-state index is 2.44. The largest absolute Gasteiger partial charge is 0.310 e. The molecule has 0 N–H and O–H groups in total. The Morgan fingerprint density at radius 2 is 0.576 bits per heavy atom. The van der Waals surface area contributed by atoms with Gasteiger partial charge in [-0.1, -0.05) is 206 Å². The van der Waals surface area contributed by atoms with Crippen LogP contribution in [0.2, 0.25) is 0 Å². The van der Waals surface area contributed by atoms with Gasteiger partial charge in [-0.3, -0.25) is 0 Å². The van der Waals surface area contributed by atoms with Crippen molar-refractivity contribution < 1.29 is 0 Å². The maximum Gasteiger partial charge on any atom is 0.0546 e. The number of nitrogens with zero attached hydrogens (tertiary/aromatic N) is 1. The van der Waals surface area contributed by atoms with Crippen LogP contribution in [0.15, 0.2) is 237 Å². The minimum Gasteiger partial charge on any atom is -0.310 e. The van der Waals surface area contributed by atoms with E-state index in [4.69, 9.17) is 0 Å². The molecule has 0 saturated heterocycles. The van der Waals surface area contributed by atoms with E-state index < -0.39 is 0 Å². The molecule has 0 unspecified atom stereocenters. The summed E-state index contributed by atoms with van der Waals surface area (Å²) >= 11 is 0. The number of hydrogen-bond acceptors (Lipinski definition) is 1. The Labute approximate surface area is 345 Å². The van der Waals surface area contributed by atoms with Crippen molar-refractivity contribution in [3.05, 3.63) is 237 Å². The van der Waals surface area contributed by atoms with E-state index in [2.05, 4.69) is 241 Å². The fraction of sp³-hybridized carbons (Fsp3) is 0. The van der Waals surface area contributed by atoms with E-state index in [1.165, 1.54) is 88.7 Å². The molecule has 0 saturated carbocycles. The Morgan fingerprint density at radius 3 is 1.08 bits per heavy atom. The quantitative estimate of drug-likeness (QED) is 0.150. The second kappa shape index (κ2) is 14.6. The van der Waals surface area contributed by atoms with Crippen LogP contribution in [0.25, 0.3) is 88.7 Å². The molecule has 0 bridgehead atoms. The van der Waals surface area contributed by atoms with Crippen LogP contribution in [0, 0.1) is 0 Å². The zero-order chi connectivity index (χ0) is 39.1. The van der Waals surface area contributed by atoms with E-state index in [1.54, 1.807) is 0 Å². The van der Waals surface area contributed by atoms with Crippen molar-refractivity contribution in [2.45, 2.75) is 0 Å². The number of anilines is 3. The predicted molar refractivity (Wildman–Crippen MR) is 250 cm³/mol. The maximum atomic E-state index is 2.44. The van der Waals surface area contributed by atoms with E-state index >= 15 is 0 Å². The van der Waals surface area contributed by atoms with E-state index in [1.807, 2.05) is 0 Å². The number of fused-ring (bicyclic) bond motifs is 3. The van der Waals surface area contributed by atoms with Crippen molar-refractivity contribution >= 4 is 27.8 Å². The molecule has 0 atom stereocenters.